The molecule has 0 aromatic carbocycles. The van der Waals surface area contributed by atoms with Gasteiger partial charge < -0.3 is 9.80 Å². The molecule has 6 heteroatoms. The van der Waals surface area contributed by atoms with Crippen molar-refractivity contribution in [3.8, 4) is 0 Å². The summed E-state index contributed by atoms with van der Waals surface area (Å²) >= 11 is 1.31. The van der Waals surface area contributed by atoms with Crippen molar-refractivity contribution >= 4 is 23.2 Å². The molecule has 0 unspecified atom stereocenters. The molecule has 2 amide bonds. The predicted octanol–water partition coefficient (Wildman–Crippen LogP) is 1.39. The van der Waals surface area contributed by atoms with Crippen molar-refractivity contribution in [1.82, 2.24) is 14.8 Å². The Morgan fingerprint density at radius 1 is 1.33 bits per heavy atom. The van der Waals surface area contributed by atoms with E-state index in [1.54, 1.807) is 24.4 Å². The Morgan fingerprint density at radius 2 is 1.94 bits per heavy atom. The Kier molecular flexibility index (Phi) is 5.27. The molecule has 100 valence electrons. The van der Waals surface area contributed by atoms with Crippen LogP contribution in [0.2, 0.25) is 0 Å². The smallest absolute Gasteiger partial charge is 0.266 e. The number of aryl methyl sites for hydroxylation is 1. The van der Waals surface area contributed by atoms with Gasteiger partial charge in [0.1, 0.15) is 4.88 Å². The Bertz CT molecular complexity index is 427. The fraction of sp³-hybridized carbons (Fsp3) is 0.583. The van der Waals surface area contributed by atoms with Crippen molar-refractivity contribution in [2.45, 2.75) is 20.8 Å². The van der Waals surface area contributed by atoms with Gasteiger partial charge in [-0.15, -0.1) is 11.3 Å². The Morgan fingerprint density at radius 3 is 2.39 bits per heavy atom. The standard InChI is InChI=1S/C12H19N3O2S/c1-5-15(6-2)10(16)7-14(4)12(17)11-9(3)13-8-18-11/h8H,5-7H2,1-4H3. The number of carbonyl (C=O) groups excluding carboxylic acids is 2. The van der Waals surface area contributed by atoms with Crippen LogP contribution in [0.3, 0.4) is 0 Å². The number of aromatic nitrogens is 1. The van der Waals surface area contributed by atoms with Crippen LogP contribution in [0, 0.1) is 6.92 Å². The van der Waals surface area contributed by atoms with Gasteiger partial charge in [-0.1, -0.05) is 0 Å². The number of thiazole rings is 1. The van der Waals surface area contributed by atoms with E-state index >= 15 is 0 Å². The molecule has 5 nitrogen and oxygen atoms in total. The van der Waals surface area contributed by atoms with Crippen molar-refractivity contribution in [3.05, 3.63) is 16.1 Å². The third-order valence-electron chi connectivity index (χ3n) is 2.78. The molecule has 0 saturated heterocycles. The molecule has 0 radical (unpaired) electrons. The third kappa shape index (κ3) is 3.29. The molecule has 1 heterocycles. The van der Waals surface area contributed by atoms with Gasteiger partial charge in [-0.05, 0) is 20.8 Å². The summed E-state index contributed by atoms with van der Waals surface area (Å²) in [6.45, 7) is 7.09. The summed E-state index contributed by atoms with van der Waals surface area (Å²) in [4.78, 5) is 31.8. The molecule has 0 saturated carbocycles. The second-order valence-corrected chi connectivity index (χ2v) is 4.85. The van der Waals surface area contributed by atoms with Gasteiger partial charge in [0.2, 0.25) is 5.91 Å². The summed E-state index contributed by atoms with van der Waals surface area (Å²) in [6.07, 6.45) is 0. The van der Waals surface area contributed by atoms with Crippen LogP contribution in [0.1, 0.15) is 29.2 Å². The highest BCUT2D eigenvalue weighted by molar-refractivity contribution is 7.11. The molecule has 0 spiro atoms. The van der Waals surface area contributed by atoms with Gasteiger partial charge in [-0.3, -0.25) is 9.59 Å². The number of rotatable bonds is 5. The van der Waals surface area contributed by atoms with Gasteiger partial charge in [-0.25, -0.2) is 4.98 Å². The number of carbonyl (C=O) groups is 2. The predicted molar refractivity (Wildman–Crippen MR) is 71.7 cm³/mol. The maximum absolute atomic E-state index is 12.1. The fourth-order valence-corrected chi connectivity index (χ4v) is 2.43. The topological polar surface area (TPSA) is 53.5 Å². The molecule has 0 aliphatic rings. The summed E-state index contributed by atoms with van der Waals surface area (Å²) in [6, 6.07) is 0. The average Bonchev–Trinajstić information content (AvgIpc) is 2.76. The molecule has 18 heavy (non-hydrogen) atoms. The SMILES string of the molecule is CCN(CC)C(=O)CN(C)C(=O)c1scnc1C. The molecule has 0 aliphatic heterocycles. The largest absolute Gasteiger partial charge is 0.342 e. The van der Waals surface area contributed by atoms with Gasteiger partial charge in [0, 0.05) is 20.1 Å². The first-order valence-corrected chi connectivity index (χ1v) is 6.82. The van der Waals surface area contributed by atoms with Crippen LogP contribution in [-0.4, -0.2) is 53.3 Å². The van der Waals surface area contributed by atoms with Crippen LogP contribution in [0.4, 0.5) is 0 Å². The van der Waals surface area contributed by atoms with E-state index in [1.807, 2.05) is 13.8 Å². The minimum Gasteiger partial charge on any atom is -0.342 e. The lowest BCUT2D eigenvalue weighted by Crippen LogP contribution is -2.41. The van der Waals surface area contributed by atoms with Gasteiger partial charge in [-0.2, -0.15) is 0 Å². The molecule has 0 aliphatic carbocycles. The van der Waals surface area contributed by atoms with Crippen molar-refractivity contribution in [2.75, 3.05) is 26.7 Å². The molecular weight excluding hydrogens is 250 g/mol. The number of amides is 2. The second-order valence-electron chi connectivity index (χ2n) is 3.99. The lowest BCUT2D eigenvalue weighted by Gasteiger charge is -2.22. The Balaban J connectivity index is 2.66. The van der Waals surface area contributed by atoms with E-state index in [2.05, 4.69) is 4.98 Å². The highest BCUT2D eigenvalue weighted by Crippen LogP contribution is 2.14. The van der Waals surface area contributed by atoms with Crippen molar-refractivity contribution in [2.24, 2.45) is 0 Å². The zero-order chi connectivity index (χ0) is 13.7. The van der Waals surface area contributed by atoms with E-state index in [4.69, 9.17) is 0 Å². The summed E-state index contributed by atoms with van der Waals surface area (Å²) < 4.78 is 0. The highest BCUT2D eigenvalue weighted by atomic mass is 32.1. The molecule has 0 bridgehead atoms. The second kappa shape index (κ2) is 6.49. The van der Waals surface area contributed by atoms with E-state index in [-0.39, 0.29) is 18.4 Å². The van der Waals surface area contributed by atoms with Crippen LogP contribution in [0.5, 0.6) is 0 Å². The number of likely N-dealkylation sites (N-methyl/N-ethyl adjacent to an activating group) is 2. The Hall–Kier alpha value is -1.43. The first-order chi connectivity index (χ1) is 8.51. The molecule has 1 aromatic rings. The molecular formula is C12H19N3O2S. The van der Waals surface area contributed by atoms with Crippen LogP contribution in [0.25, 0.3) is 0 Å². The van der Waals surface area contributed by atoms with Crippen LogP contribution in [0.15, 0.2) is 5.51 Å². The number of hydrogen-bond donors (Lipinski definition) is 0. The van der Waals surface area contributed by atoms with Crippen LogP contribution in [-0.2, 0) is 4.79 Å². The van der Waals surface area contributed by atoms with Gasteiger partial charge in [0.05, 0.1) is 17.7 Å². The van der Waals surface area contributed by atoms with Crippen molar-refractivity contribution < 1.29 is 9.59 Å². The number of hydrogen-bond acceptors (Lipinski definition) is 4. The number of nitrogens with zero attached hydrogens (tertiary/aromatic N) is 3. The summed E-state index contributed by atoms with van der Waals surface area (Å²) in [5, 5.41) is 0. The maximum Gasteiger partial charge on any atom is 0.266 e. The first-order valence-electron chi connectivity index (χ1n) is 5.94. The van der Waals surface area contributed by atoms with E-state index in [9.17, 15) is 9.59 Å². The molecule has 0 N–H and O–H groups in total. The summed E-state index contributed by atoms with van der Waals surface area (Å²) in [5.74, 6) is -0.173. The summed E-state index contributed by atoms with van der Waals surface area (Å²) in [7, 11) is 1.64. The van der Waals surface area contributed by atoms with Crippen molar-refractivity contribution in [3.63, 3.8) is 0 Å². The maximum atomic E-state index is 12.1. The van der Waals surface area contributed by atoms with Gasteiger partial charge in [0.15, 0.2) is 0 Å². The minimum atomic E-state index is -0.143. The van der Waals surface area contributed by atoms with E-state index in [1.165, 1.54) is 16.2 Å². The molecule has 1 aromatic heterocycles. The Labute approximate surface area is 111 Å². The monoisotopic (exact) mass is 269 g/mol. The zero-order valence-corrected chi connectivity index (χ0v) is 12.1. The third-order valence-corrected chi connectivity index (χ3v) is 3.69. The fourth-order valence-electron chi connectivity index (χ4n) is 1.63. The van der Waals surface area contributed by atoms with Crippen LogP contribution < -0.4 is 0 Å². The lowest BCUT2D eigenvalue weighted by atomic mass is 10.3. The van der Waals surface area contributed by atoms with E-state index in [0.717, 1.165) is 0 Å². The average molecular weight is 269 g/mol. The lowest BCUT2D eigenvalue weighted by molar-refractivity contribution is -0.131. The quantitative estimate of drug-likeness (QED) is 0.811. The highest BCUT2D eigenvalue weighted by Gasteiger charge is 2.20. The zero-order valence-electron chi connectivity index (χ0n) is 11.3. The normalized spacial score (nSPS) is 10.2. The molecule has 0 atom stereocenters. The van der Waals surface area contributed by atoms with E-state index in [0.29, 0.717) is 23.7 Å². The molecule has 0 fully saturated rings. The van der Waals surface area contributed by atoms with E-state index < -0.39 is 0 Å². The van der Waals surface area contributed by atoms with Gasteiger partial charge in [0.25, 0.3) is 5.91 Å². The first kappa shape index (κ1) is 14.6. The molecule has 1 rings (SSSR count). The minimum absolute atomic E-state index is 0.0296. The van der Waals surface area contributed by atoms with Crippen molar-refractivity contribution in [1.29, 1.82) is 0 Å². The van der Waals surface area contributed by atoms with Gasteiger partial charge >= 0.3 is 0 Å². The summed E-state index contributed by atoms with van der Waals surface area (Å²) in [5.41, 5.74) is 2.36. The van der Waals surface area contributed by atoms with Crippen LogP contribution >= 0.6 is 11.3 Å².